The first kappa shape index (κ1) is 18.9. The molecular weight excluding hydrogens is 322 g/mol. The summed E-state index contributed by atoms with van der Waals surface area (Å²) in [5.74, 6) is 1.74. The fourth-order valence-corrected chi connectivity index (χ4v) is 1.98. The minimum absolute atomic E-state index is 0.108. The number of hydrogen-bond donors (Lipinski definition) is 1. The Balaban J connectivity index is 1.79. The molecule has 2 rings (SSSR count). The van der Waals surface area contributed by atoms with E-state index in [9.17, 15) is 4.79 Å². The third-order valence-electron chi connectivity index (χ3n) is 3.40. The fraction of sp³-hybridized carbons (Fsp3) is 0.500. The number of ether oxygens (including phenoxy) is 2. The van der Waals surface area contributed by atoms with Crippen molar-refractivity contribution >= 4 is 11.6 Å². The highest BCUT2D eigenvalue weighted by Crippen LogP contribution is 2.19. The van der Waals surface area contributed by atoms with Crippen LogP contribution in [0.3, 0.4) is 0 Å². The van der Waals surface area contributed by atoms with Gasteiger partial charge < -0.3 is 19.3 Å². The lowest BCUT2D eigenvalue weighted by Crippen LogP contribution is -2.14. The minimum atomic E-state index is -0.170. The molecule has 7 heteroatoms. The maximum Gasteiger partial charge on any atom is 0.227 e. The zero-order chi connectivity index (χ0) is 18.3. The van der Waals surface area contributed by atoms with E-state index in [4.69, 9.17) is 14.0 Å². The number of hydrogen-bond acceptors (Lipinski definition) is 6. The summed E-state index contributed by atoms with van der Waals surface area (Å²) in [6.07, 6.45) is 0.686. The average molecular weight is 347 g/mol. The van der Waals surface area contributed by atoms with E-state index in [1.54, 1.807) is 31.4 Å². The third kappa shape index (κ3) is 6.19. The normalized spacial score (nSPS) is 11.4. The van der Waals surface area contributed by atoms with E-state index in [2.05, 4.69) is 15.5 Å². The number of anilines is 1. The van der Waals surface area contributed by atoms with Gasteiger partial charge in [-0.3, -0.25) is 4.79 Å². The molecule has 0 aliphatic carbocycles. The van der Waals surface area contributed by atoms with Crippen LogP contribution in [0.1, 0.15) is 38.9 Å². The van der Waals surface area contributed by atoms with Gasteiger partial charge in [0.15, 0.2) is 5.82 Å². The topological polar surface area (TPSA) is 86.5 Å². The minimum Gasteiger partial charge on any atom is -0.491 e. The average Bonchev–Trinajstić information content (AvgIpc) is 3.04. The first-order valence-corrected chi connectivity index (χ1v) is 8.23. The van der Waals surface area contributed by atoms with Crippen LogP contribution in [0.4, 0.5) is 5.69 Å². The Morgan fingerprint density at radius 2 is 1.92 bits per heavy atom. The molecule has 0 aliphatic heterocycles. The predicted octanol–water partition coefficient (Wildman–Crippen LogP) is 2.96. The molecule has 0 bridgehead atoms. The molecule has 0 atom stereocenters. The van der Waals surface area contributed by atoms with E-state index >= 15 is 0 Å². The Kier molecular flexibility index (Phi) is 6.52. The van der Waals surface area contributed by atoms with Gasteiger partial charge in [0, 0.05) is 31.1 Å². The number of nitrogens with one attached hydrogen (secondary N) is 1. The van der Waals surface area contributed by atoms with Crippen LogP contribution in [-0.2, 0) is 21.4 Å². The SMILES string of the molecule is COCCOc1ccc(NC(=O)CCc2nc(C(C)(C)C)no2)cc1. The zero-order valence-electron chi connectivity index (χ0n) is 15.2. The number of aromatic nitrogens is 2. The summed E-state index contributed by atoms with van der Waals surface area (Å²) < 4.78 is 15.6. The molecule has 136 valence electrons. The van der Waals surface area contributed by atoms with Crippen molar-refractivity contribution in [2.75, 3.05) is 25.6 Å². The molecule has 0 fully saturated rings. The number of amides is 1. The van der Waals surface area contributed by atoms with Gasteiger partial charge in [0.1, 0.15) is 12.4 Å². The van der Waals surface area contributed by atoms with Gasteiger partial charge in [-0.1, -0.05) is 25.9 Å². The summed E-state index contributed by atoms with van der Waals surface area (Å²) in [5.41, 5.74) is 0.543. The number of aryl methyl sites for hydroxylation is 1. The molecule has 0 aliphatic rings. The van der Waals surface area contributed by atoms with Crippen molar-refractivity contribution in [1.29, 1.82) is 0 Å². The van der Waals surface area contributed by atoms with Crippen molar-refractivity contribution < 1.29 is 18.8 Å². The Morgan fingerprint density at radius 1 is 1.20 bits per heavy atom. The summed E-state index contributed by atoms with van der Waals surface area (Å²) in [4.78, 5) is 16.4. The molecule has 0 spiro atoms. The third-order valence-corrected chi connectivity index (χ3v) is 3.40. The number of carbonyl (C=O) groups is 1. The maximum atomic E-state index is 12.0. The molecule has 0 saturated heterocycles. The van der Waals surface area contributed by atoms with Crippen LogP contribution in [0.15, 0.2) is 28.8 Å². The highest BCUT2D eigenvalue weighted by Gasteiger charge is 2.21. The summed E-state index contributed by atoms with van der Waals surface area (Å²) in [6, 6.07) is 7.20. The van der Waals surface area contributed by atoms with E-state index in [1.807, 2.05) is 20.8 Å². The lowest BCUT2D eigenvalue weighted by Gasteiger charge is -2.10. The number of carbonyl (C=O) groups excluding carboxylic acids is 1. The van der Waals surface area contributed by atoms with Gasteiger partial charge in [0.2, 0.25) is 11.8 Å². The molecule has 1 N–H and O–H groups in total. The van der Waals surface area contributed by atoms with E-state index in [0.29, 0.717) is 37.0 Å². The second-order valence-electron chi connectivity index (χ2n) is 6.68. The van der Waals surface area contributed by atoms with Gasteiger partial charge >= 0.3 is 0 Å². The molecule has 1 aromatic heterocycles. The van der Waals surface area contributed by atoms with Gasteiger partial charge in [0.25, 0.3) is 0 Å². The van der Waals surface area contributed by atoms with Crippen molar-refractivity contribution in [3.8, 4) is 5.75 Å². The smallest absolute Gasteiger partial charge is 0.227 e. The van der Waals surface area contributed by atoms with E-state index in [0.717, 1.165) is 5.75 Å². The first-order valence-electron chi connectivity index (χ1n) is 8.23. The second kappa shape index (κ2) is 8.62. The highest BCUT2D eigenvalue weighted by molar-refractivity contribution is 5.90. The van der Waals surface area contributed by atoms with E-state index < -0.39 is 0 Å². The van der Waals surface area contributed by atoms with Gasteiger partial charge in [-0.25, -0.2) is 0 Å². The Morgan fingerprint density at radius 3 is 2.52 bits per heavy atom. The van der Waals surface area contributed by atoms with E-state index in [-0.39, 0.29) is 17.7 Å². The maximum absolute atomic E-state index is 12.0. The van der Waals surface area contributed by atoms with Crippen LogP contribution in [-0.4, -0.2) is 36.4 Å². The van der Waals surface area contributed by atoms with Crippen molar-refractivity contribution in [3.63, 3.8) is 0 Å². The number of rotatable bonds is 8. The molecule has 1 heterocycles. The van der Waals surface area contributed by atoms with Crippen LogP contribution in [0.5, 0.6) is 5.75 Å². The number of nitrogens with zero attached hydrogens (tertiary/aromatic N) is 2. The molecule has 0 unspecified atom stereocenters. The Labute approximate surface area is 147 Å². The van der Waals surface area contributed by atoms with E-state index in [1.165, 1.54) is 0 Å². The van der Waals surface area contributed by atoms with Crippen molar-refractivity contribution in [2.45, 2.75) is 39.0 Å². The lowest BCUT2D eigenvalue weighted by atomic mass is 9.96. The largest absolute Gasteiger partial charge is 0.491 e. The van der Waals surface area contributed by atoms with Crippen molar-refractivity contribution in [1.82, 2.24) is 10.1 Å². The molecule has 0 saturated carbocycles. The standard InChI is InChI=1S/C18H25N3O4/c1-18(2,3)17-20-16(25-21-17)10-9-15(22)19-13-5-7-14(8-6-13)24-12-11-23-4/h5-8H,9-12H2,1-4H3,(H,19,22). The summed E-state index contributed by atoms with van der Waals surface area (Å²) in [5, 5.41) is 6.78. The van der Waals surface area contributed by atoms with Crippen LogP contribution in [0.2, 0.25) is 0 Å². The van der Waals surface area contributed by atoms with Crippen molar-refractivity contribution in [3.05, 3.63) is 36.0 Å². The van der Waals surface area contributed by atoms with Gasteiger partial charge in [-0.2, -0.15) is 4.98 Å². The summed E-state index contributed by atoms with van der Waals surface area (Å²) in [7, 11) is 1.63. The molecule has 1 amide bonds. The van der Waals surface area contributed by atoms with Crippen LogP contribution < -0.4 is 10.1 Å². The van der Waals surface area contributed by atoms with Crippen LogP contribution in [0, 0.1) is 0 Å². The quantitative estimate of drug-likeness (QED) is 0.739. The number of benzene rings is 1. The second-order valence-corrected chi connectivity index (χ2v) is 6.68. The van der Waals surface area contributed by atoms with Crippen molar-refractivity contribution in [2.24, 2.45) is 0 Å². The molecule has 1 aromatic carbocycles. The summed E-state index contributed by atoms with van der Waals surface area (Å²) >= 11 is 0. The molecule has 2 aromatic rings. The Bertz CT molecular complexity index is 674. The number of methoxy groups -OCH3 is 1. The van der Waals surface area contributed by atoms with Gasteiger partial charge in [-0.05, 0) is 24.3 Å². The molecule has 25 heavy (non-hydrogen) atoms. The lowest BCUT2D eigenvalue weighted by molar-refractivity contribution is -0.116. The highest BCUT2D eigenvalue weighted by atomic mass is 16.5. The predicted molar refractivity (Wildman–Crippen MR) is 93.8 cm³/mol. The monoisotopic (exact) mass is 347 g/mol. The first-order chi connectivity index (χ1) is 11.9. The van der Waals surface area contributed by atoms with Gasteiger partial charge in [0.05, 0.1) is 6.61 Å². The van der Waals surface area contributed by atoms with Crippen LogP contribution >= 0.6 is 0 Å². The van der Waals surface area contributed by atoms with Gasteiger partial charge in [-0.15, -0.1) is 0 Å². The Hall–Kier alpha value is -2.41. The molecule has 7 nitrogen and oxygen atoms in total. The zero-order valence-corrected chi connectivity index (χ0v) is 15.2. The van der Waals surface area contributed by atoms with Crippen LogP contribution in [0.25, 0.3) is 0 Å². The fourth-order valence-electron chi connectivity index (χ4n) is 1.98. The summed E-state index contributed by atoms with van der Waals surface area (Å²) in [6.45, 7) is 7.05. The molecular formula is C18H25N3O4. The molecule has 0 radical (unpaired) electrons.